The van der Waals surface area contributed by atoms with E-state index in [1.165, 1.54) is 10.4 Å². The molecule has 0 aromatic heterocycles. The third kappa shape index (κ3) is 8.90. The lowest BCUT2D eigenvalue weighted by molar-refractivity contribution is -0.196. The minimum absolute atomic E-state index is 0.0316. The highest BCUT2D eigenvalue weighted by atomic mass is 28.4. The smallest absolute Gasteiger partial charge is 0.306 e. The number of hydrogen-bond acceptors (Lipinski definition) is 5. The zero-order valence-electron chi connectivity index (χ0n) is 27.4. The molecule has 2 aromatic carbocycles. The minimum Gasteiger partial charge on any atom is -0.463 e. The van der Waals surface area contributed by atoms with Crippen molar-refractivity contribution in [1.82, 2.24) is 0 Å². The molecule has 0 radical (unpaired) electrons. The third-order valence-electron chi connectivity index (χ3n) is 9.02. The highest BCUT2D eigenvalue weighted by Crippen LogP contribution is 2.43. The zero-order chi connectivity index (χ0) is 31.6. The summed E-state index contributed by atoms with van der Waals surface area (Å²) in [7, 11) is -2.81. The average Bonchev–Trinajstić information content (AvgIpc) is 3.28. The Labute approximate surface area is 265 Å². The fourth-order valence-corrected chi connectivity index (χ4v) is 11.5. The normalized spacial score (nSPS) is 24.7. The van der Waals surface area contributed by atoms with Crippen LogP contribution in [-0.4, -0.2) is 52.2 Å². The summed E-state index contributed by atoms with van der Waals surface area (Å²) in [6, 6.07) is 21.1. The summed E-state index contributed by atoms with van der Waals surface area (Å²) in [5.41, 5.74) is 0. The van der Waals surface area contributed by atoms with Crippen LogP contribution in [0.1, 0.15) is 86.0 Å². The first-order valence-electron chi connectivity index (χ1n) is 16.6. The van der Waals surface area contributed by atoms with Crippen LogP contribution in [0.3, 0.4) is 0 Å². The molecule has 1 unspecified atom stereocenters. The molecular formula is C37H53FO5Si. The maximum Gasteiger partial charge on any atom is 0.306 e. The van der Waals surface area contributed by atoms with E-state index in [0.717, 1.165) is 32.1 Å². The Bertz CT molecular complexity index is 1120. The number of benzene rings is 2. The summed E-state index contributed by atoms with van der Waals surface area (Å²) in [5.74, 6) is -0.488. The van der Waals surface area contributed by atoms with E-state index in [1.54, 1.807) is 0 Å². The number of ether oxygens (including phenoxy) is 3. The van der Waals surface area contributed by atoms with Gasteiger partial charge in [0.1, 0.15) is 6.17 Å². The van der Waals surface area contributed by atoms with Gasteiger partial charge in [0.25, 0.3) is 8.32 Å². The molecule has 5 atom stereocenters. The second kappa shape index (κ2) is 16.3. The Morgan fingerprint density at radius 1 is 1.00 bits per heavy atom. The van der Waals surface area contributed by atoms with Crippen molar-refractivity contribution in [3.05, 3.63) is 72.8 Å². The molecule has 1 aliphatic heterocycles. The van der Waals surface area contributed by atoms with Gasteiger partial charge in [0.15, 0.2) is 6.29 Å². The van der Waals surface area contributed by atoms with Crippen LogP contribution in [0.2, 0.25) is 5.04 Å². The SMILES string of the molecule is CC(C)OC(=O)CCC/C=C/C[C@@H]1[C@@H](CO[Si](c2ccccc2)(c2ccccc2)C(C)(C)C)[C@@H](F)C[C@@H]1OC1CCCCO1. The van der Waals surface area contributed by atoms with Crippen LogP contribution in [0, 0.1) is 11.8 Å². The number of halogens is 1. The van der Waals surface area contributed by atoms with Crippen LogP contribution in [0.5, 0.6) is 0 Å². The number of hydrogen-bond donors (Lipinski definition) is 0. The van der Waals surface area contributed by atoms with Crippen molar-refractivity contribution in [3.63, 3.8) is 0 Å². The molecular weight excluding hydrogens is 571 g/mol. The predicted octanol–water partition coefficient (Wildman–Crippen LogP) is 7.52. The van der Waals surface area contributed by atoms with Gasteiger partial charge in [-0.15, -0.1) is 0 Å². The summed E-state index contributed by atoms with van der Waals surface area (Å²) in [4.78, 5) is 11.9. The summed E-state index contributed by atoms with van der Waals surface area (Å²) < 4.78 is 40.9. The number of carbonyl (C=O) groups excluding carboxylic acids is 1. The van der Waals surface area contributed by atoms with Gasteiger partial charge < -0.3 is 18.6 Å². The van der Waals surface area contributed by atoms with Crippen LogP contribution >= 0.6 is 0 Å². The second-order valence-corrected chi connectivity index (χ2v) is 18.0. The predicted molar refractivity (Wildman–Crippen MR) is 177 cm³/mol. The number of allylic oxidation sites excluding steroid dienone is 2. The number of esters is 1. The standard InChI is InChI=1S/C37H53FO5Si/c1-28(2)42-35(39)23-15-7-6-14-22-31-32(33(38)26-34(31)43-36-24-16-17-25-40-36)27-41-44(37(3,4)5,29-18-10-8-11-19-29)30-20-12-9-13-21-30/h6,8-14,18-21,28,31-34,36H,7,15-17,22-27H2,1-5H3/b14-6+/t31-,32-,33+,34+,36?/m1/s1. The molecule has 0 bridgehead atoms. The van der Waals surface area contributed by atoms with Crippen molar-refractivity contribution < 1.29 is 27.8 Å². The monoisotopic (exact) mass is 624 g/mol. The molecule has 0 amide bonds. The molecule has 4 rings (SSSR count). The van der Waals surface area contributed by atoms with Crippen molar-refractivity contribution in [1.29, 1.82) is 0 Å². The summed E-state index contributed by atoms with van der Waals surface area (Å²) in [6.45, 7) is 11.5. The van der Waals surface area contributed by atoms with E-state index in [4.69, 9.17) is 18.6 Å². The van der Waals surface area contributed by atoms with Crippen LogP contribution in [0.15, 0.2) is 72.8 Å². The lowest BCUT2D eigenvalue weighted by atomic mass is 9.91. The molecule has 7 heteroatoms. The quantitative estimate of drug-likeness (QED) is 0.0942. The van der Waals surface area contributed by atoms with Crippen LogP contribution in [0.4, 0.5) is 4.39 Å². The lowest BCUT2D eigenvalue weighted by Gasteiger charge is -2.44. The Morgan fingerprint density at radius 3 is 2.23 bits per heavy atom. The Balaban J connectivity index is 1.54. The van der Waals surface area contributed by atoms with Crippen molar-refractivity contribution >= 4 is 24.7 Å². The van der Waals surface area contributed by atoms with Crippen molar-refractivity contribution in [3.8, 4) is 0 Å². The van der Waals surface area contributed by atoms with Crippen molar-refractivity contribution in [2.45, 2.75) is 116 Å². The summed E-state index contributed by atoms with van der Waals surface area (Å²) >= 11 is 0. The first-order chi connectivity index (χ1) is 21.1. The van der Waals surface area contributed by atoms with Gasteiger partial charge in [-0.3, -0.25) is 4.79 Å². The van der Waals surface area contributed by atoms with Gasteiger partial charge in [0, 0.05) is 32.0 Å². The van der Waals surface area contributed by atoms with E-state index in [2.05, 4.69) is 81.5 Å². The molecule has 1 saturated heterocycles. The van der Waals surface area contributed by atoms with Crippen molar-refractivity contribution in [2.24, 2.45) is 11.8 Å². The molecule has 2 aliphatic rings. The molecule has 0 spiro atoms. The topological polar surface area (TPSA) is 54.0 Å². The van der Waals surface area contributed by atoms with E-state index in [0.29, 0.717) is 32.5 Å². The number of alkyl halides is 1. The average molecular weight is 625 g/mol. The Kier molecular flexibility index (Phi) is 12.8. The van der Waals surface area contributed by atoms with Gasteiger partial charge in [0.2, 0.25) is 0 Å². The van der Waals surface area contributed by atoms with Gasteiger partial charge in [-0.2, -0.15) is 0 Å². The van der Waals surface area contributed by atoms with Crippen LogP contribution in [-0.2, 0) is 23.4 Å². The van der Waals surface area contributed by atoms with E-state index < -0.39 is 14.5 Å². The van der Waals surface area contributed by atoms with E-state index in [1.807, 2.05) is 26.0 Å². The maximum atomic E-state index is 16.1. The highest BCUT2D eigenvalue weighted by molar-refractivity contribution is 6.99. The molecule has 2 fully saturated rings. The lowest BCUT2D eigenvalue weighted by Crippen LogP contribution is -2.67. The molecule has 1 aliphatic carbocycles. The molecule has 5 nitrogen and oxygen atoms in total. The van der Waals surface area contributed by atoms with Crippen LogP contribution < -0.4 is 10.4 Å². The Morgan fingerprint density at radius 2 is 1.66 bits per heavy atom. The molecule has 1 saturated carbocycles. The van der Waals surface area contributed by atoms with Gasteiger partial charge in [0.05, 0.1) is 12.2 Å². The van der Waals surface area contributed by atoms with Gasteiger partial charge >= 0.3 is 5.97 Å². The summed E-state index contributed by atoms with van der Waals surface area (Å²) in [5, 5.41) is 2.21. The van der Waals surface area contributed by atoms with E-state index in [-0.39, 0.29) is 41.3 Å². The zero-order valence-corrected chi connectivity index (χ0v) is 28.4. The van der Waals surface area contributed by atoms with E-state index >= 15 is 4.39 Å². The fraction of sp³-hybridized carbons (Fsp3) is 0.595. The minimum atomic E-state index is -2.81. The fourth-order valence-electron chi connectivity index (χ4n) is 6.88. The number of rotatable bonds is 14. The third-order valence-corrected chi connectivity index (χ3v) is 14.0. The first-order valence-corrected chi connectivity index (χ1v) is 18.5. The van der Waals surface area contributed by atoms with Gasteiger partial charge in [-0.1, -0.05) is 93.6 Å². The van der Waals surface area contributed by atoms with Crippen molar-refractivity contribution in [2.75, 3.05) is 13.2 Å². The molecule has 242 valence electrons. The largest absolute Gasteiger partial charge is 0.463 e. The number of carbonyl (C=O) groups is 1. The molecule has 0 N–H and O–H groups in total. The second-order valence-electron chi connectivity index (χ2n) is 13.7. The molecule has 2 aromatic rings. The maximum absolute atomic E-state index is 16.1. The number of unbranched alkanes of at least 4 members (excludes halogenated alkanes) is 1. The Hall–Kier alpha value is -2.32. The molecule has 44 heavy (non-hydrogen) atoms. The van der Waals surface area contributed by atoms with Crippen LogP contribution in [0.25, 0.3) is 0 Å². The van der Waals surface area contributed by atoms with Gasteiger partial charge in [-0.25, -0.2) is 4.39 Å². The van der Waals surface area contributed by atoms with Gasteiger partial charge in [-0.05, 0) is 73.7 Å². The summed E-state index contributed by atoms with van der Waals surface area (Å²) in [6.07, 6.45) is 8.57. The van der Waals surface area contributed by atoms with E-state index in [9.17, 15) is 4.79 Å². The molecule has 1 heterocycles. The first kappa shape index (κ1) is 34.5. The highest BCUT2D eigenvalue weighted by Gasteiger charge is 2.52.